The molecule has 112 valence electrons. The number of thioether (sulfide) groups is 1. The van der Waals surface area contributed by atoms with Crippen LogP contribution in [0.25, 0.3) is 0 Å². The Balaban J connectivity index is 0.00000200. The third-order valence-electron chi connectivity index (χ3n) is 3.13. The van der Waals surface area contributed by atoms with E-state index in [-0.39, 0.29) is 24.4 Å². The maximum absolute atomic E-state index is 12.4. The van der Waals surface area contributed by atoms with Crippen LogP contribution in [0.4, 0.5) is 0 Å². The summed E-state index contributed by atoms with van der Waals surface area (Å²) in [7, 11) is 0. The van der Waals surface area contributed by atoms with E-state index in [1.54, 1.807) is 11.8 Å². The topological polar surface area (TPSA) is 41.1 Å². The summed E-state index contributed by atoms with van der Waals surface area (Å²) in [6.07, 6.45) is 2.20. The van der Waals surface area contributed by atoms with Gasteiger partial charge in [0.25, 0.3) is 5.91 Å². The molecule has 1 saturated heterocycles. The van der Waals surface area contributed by atoms with Crippen molar-refractivity contribution in [2.45, 2.75) is 42.9 Å². The highest BCUT2D eigenvalue weighted by atomic mass is 35.5. The van der Waals surface area contributed by atoms with Crippen LogP contribution in [0.3, 0.4) is 0 Å². The molecular weight excluding hydrogens is 292 g/mol. The minimum Gasteiger partial charge on any atom is -0.348 e. The summed E-state index contributed by atoms with van der Waals surface area (Å²) in [6, 6.07) is 8.12. The first kappa shape index (κ1) is 17.3. The summed E-state index contributed by atoms with van der Waals surface area (Å²) in [5.74, 6) is 0.0532. The molecule has 1 unspecified atom stereocenters. The molecule has 1 amide bonds. The summed E-state index contributed by atoms with van der Waals surface area (Å²) in [5.41, 5.74) is 0.798. The Morgan fingerprint density at radius 1 is 1.40 bits per heavy atom. The molecule has 5 heteroatoms. The van der Waals surface area contributed by atoms with Gasteiger partial charge in [-0.1, -0.05) is 26.0 Å². The SMILES string of the molecule is CC(C)Sc1ccccc1C(=O)NC1CCCNC1.Cl. The van der Waals surface area contributed by atoms with E-state index in [4.69, 9.17) is 0 Å². The molecule has 3 nitrogen and oxygen atoms in total. The van der Waals surface area contributed by atoms with Crippen LogP contribution in [-0.4, -0.2) is 30.3 Å². The minimum atomic E-state index is 0. The highest BCUT2D eigenvalue weighted by Crippen LogP contribution is 2.26. The van der Waals surface area contributed by atoms with E-state index in [9.17, 15) is 4.79 Å². The summed E-state index contributed by atoms with van der Waals surface area (Å²) < 4.78 is 0. The fourth-order valence-corrected chi connectivity index (χ4v) is 3.20. The van der Waals surface area contributed by atoms with Crippen LogP contribution >= 0.6 is 24.2 Å². The Kier molecular flexibility index (Phi) is 7.41. The molecule has 1 heterocycles. The first-order chi connectivity index (χ1) is 9.16. The first-order valence-electron chi connectivity index (χ1n) is 6.94. The average Bonchev–Trinajstić information content (AvgIpc) is 2.39. The number of hydrogen-bond acceptors (Lipinski definition) is 3. The highest BCUT2D eigenvalue weighted by Gasteiger charge is 2.18. The van der Waals surface area contributed by atoms with Crippen molar-refractivity contribution in [3.63, 3.8) is 0 Å². The second-order valence-corrected chi connectivity index (χ2v) is 6.80. The molecule has 0 aliphatic carbocycles. The highest BCUT2D eigenvalue weighted by molar-refractivity contribution is 8.00. The van der Waals surface area contributed by atoms with Crippen molar-refractivity contribution in [3.05, 3.63) is 29.8 Å². The zero-order valence-electron chi connectivity index (χ0n) is 12.0. The maximum Gasteiger partial charge on any atom is 0.252 e. The number of hydrogen-bond donors (Lipinski definition) is 2. The number of nitrogens with one attached hydrogen (secondary N) is 2. The number of halogens is 1. The summed E-state index contributed by atoms with van der Waals surface area (Å²) in [5, 5.41) is 6.93. The largest absolute Gasteiger partial charge is 0.348 e. The fourth-order valence-electron chi connectivity index (χ4n) is 2.25. The normalized spacial score (nSPS) is 18.4. The number of piperidine rings is 1. The van der Waals surface area contributed by atoms with E-state index >= 15 is 0 Å². The van der Waals surface area contributed by atoms with Gasteiger partial charge in [-0.3, -0.25) is 4.79 Å². The number of rotatable bonds is 4. The second-order valence-electron chi connectivity index (χ2n) is 5.18. The number of benzene rings is 1. The molecule has 0 aromatic heterocycles. The Morgan fingerprint density at radius 3 is 2.80 bits per heavy atom. The lowest BCUT2D eigenvalue weighted by atomic mass is 10.1. The quantitative estimate of drug-likeness (QED) is 0.839. The molecular formula is C15H23ClN2OS. The maximum atomic E-state index is 12.4. The van der Waals surface area contributed by atoms with Crippen LogP contribution in [0.1, 0.15) is 37.0 Å². The zero-order valence-corrected chi connectivity index (χ0v) is 13.7. The lowest BCUT2D eigenvalue weighted by molar-refractivity contribution is 0.0927. The molecule has 1 aliphatic rings. The molecule has 1 aliphatic heterocycles. The lowest BCUT2D eigenvalue weighted by Gasteiger charge is -2.24. The van der Waals surface area contributed by atoms with Gasteiger partial charge in [0.05, 0.1) is 5.56 Å². The van der Waals surface area contributed by atoms with E-state index in [2.05, 4.69) is 24.5 Å². The number of carbonyl (C=O) groups is 1. The van der Waals surface area contributed by atoms with Gasteiger partial charge in [-0.2, -0.15) is 0 Å². The molecule has 0 radical (unpaired) electrons. The Hall–Kier alpha value is -0.710. The molecule has 0 spiro atoms. The minimum absolute atomic E-state index is 0. The predicted octanol–water partition coefficient (Wildman–Crippen LogP) is 3.09. The first-order valence-corrected chi connectivity index (χ1v) is 7.82. The van der Waals surface area contributed by atoms with Gasteiger partial charge < -0.3 is 10.6 Å². The van der Waals surface area contributed by atoms with Crippen LogP contribution in [0, 0.1) is 0 Å². The number of carbonyl (C=O) groups excluding carboxylic acids is 1. The van der Waals surface area contributed by atoms with Crippen molar-refractivity contribution in [2.75, 3.05) is 13.1 Å². The Morgan fingerprint density at radius 2 is 2.15 bits per heavy atom. The van der Waals surface area contributed by atoms with Gasteiger partial charge in [0.1, 0.15) is 0 Å². The van der Waals surface area contributed by atoms with Gasteiger partial charge in [-0.25, -0.2) is 0 Å². The monoisotopic (exact) mass is 314 g/mol. The van der Waals surface area contributed by atoms with Crippen molar-refractivity contribution in [1.82, 2.24) is 10.6 Å². The fraction of sp³-hybridized carbons (Fsp3) is 0.533. The summed E-state index contributed by atoms with van der Waals surface area (Å²) in [4.78, 5) is 13.4. The average molecular weight is 315 g/mol. The van der Waals surface area contributed by atoms with Crippen molar-refractivity contribution in [3.8, 4) is 0 Å². The zero-order chi connectivity index (χ0) is 13.7. The van der Waals surface area contributed by atoms with E-state index in [1.807, 2.05) is 24.3 Å². The van der Waals surface area contributed by atoms with E-state index < -0.39 is 0 Å². The standard InChI is InChI=1S/C15H22N2OS.ClH/c1-11(2)19-14-8-4-3-7-13(14)15(18)17-12-6-5-9-16-10-12;/h3-4,7-8,11-12,16H,5-6,9-10H2,1-2H3,(H,17,18);1H. The lowest BCUT2D eigenvalue weighted by Crippen LogP contribution is -2.45. The molecule has 20 heavy (non-hydrogen) atoms. The van der Waals surface area contributed by atoms with Crippen LogP contribution in [-0.2, 0) is 0 Å². The number of amides is 1. The molecule has 2 N–H and O–H groups in total. The van der Waals surface area contributed by atoms with Crippen molar-refractivity contribution in [1.29, 1.82) is 0 Å². The van der Waals surface area contributed by atoms with Gasteiger partial charge >= 0.3 is 0 Å². The molecule has 1 aromatic rings. The van der Waals surface area contributed by atoms with Gasteiger partial charge in [-0.05, 0) is 31.5 Å². The Bertz CT molecular complexity index is 434. The van der Waals surface area contributed by atoms with Gasteiger partial charge in [-0.15, -0.1) is 24.2 Å². The smallest absolute Gasteiger partial charge is 0.252 e. The third-order valence-corrected chi connectivity index (χ3v) is 4.21. The van der Waals surface area contributed by atoms with Crippen molar-refractivity contribution >= 4 is 30.1 Å². The molecule has 0 bridgehead atoms. The van der Waals surface area contributed by atoms with Crippen molar-refractivity contribution < 1.29 is 4.79 Å². The van der Waals surface area contributed by atoms with E-state index in [1.165, 1.54) is 0 Å². The Labute approximate surface area is 131 Å². The van der Waals surface area contributed by atoms with Gasteiger partial charge in [0, 0.05) is 22.7 Å². The van der Waals surface area contributed by atoms with Crippen LogP contribution in [0.5, 0.6) is 0 Å². The molecule has 0 saturated carbocycles. The third kappa shape index (κ3) is 5.00. The van der Waals surface area contributed by atoms with Gasteiger partial charge in [0.15, 0.2) is 0 Å². The molecule has 2 rings (SSSR count). The molecule has 1 atom stereocenters. The summed E-state index contributed by atoms with van der Waals surface area (Å²) >= 11 is 1.74. The van der Waals surface area contributed by atoms with Crippen LogP contribution < -0.4 is 10.6 Å². The van der Waals surface area contributed by atoms with E-state index in [0.717, 1.165) is 36.4 Å². The van der Waals surface area contributed by atoms with Crippen LogP contribution in [0.2, 0.25) is 0 Å². The summed E-state index contributed by atoms with van der Waals surface area (Å²) in [6.45, 7) is 6.23. The second kappa shape index (κ2) is 8.55. The predicted molar refractivity (Wildman–Crippen MR) is 88.0 cm³/mol. The molecule has 1 fully saturated rings. The van der Waals surface area contributed by atoms with E-state index in [0.29, 0.717) is 5.25 Å². The van der Waals surface area contributed by atoms with Crippen LogP contribution in [0.15, 0.2) is 29.2 Å². The van der Waals surface area contributed by atoms with Gasteiger partial charge in [0.2, 0.25) is 0 Å². The molecule has 1 aromatic carbocycles. The van der Waals surface area contributed by atoms with Crippen molar-refractivity contribution in [2.24, 2.45) is 0 Å².